The van der Waals surface area contributed by atoms with E-state index in [0.717, 1.165) is 4.90 Å². The molecule has 1 heterocycles. The number of amides is 1. The molecule has 0 radical (unpaired) electrons. The summed E-state index contributed by atoms with van der Waals surface area (Å²) in [6.45, 7) is 3.58. The van der Waals surface area contributed by atoms with Crippen molar-refractivity contribution in [3.05, 3.63) is 66.1 Å². The summed E-state index contributed by atoms with van der Waals surface area (Å²) < 4.78 is 31.7. The SMILES string of the molecule is CC(C)N(C)S(=O)(=O)c1ccc(C(=O)Nc2nnc(CSc3ccccc3)o2)cc1. The van der Waals surface area contributed by atoms with E-state index in [0.29, 0.717) is 11.6 Å². The first-order valence-electron chi connectivity index (χ1n) is 9.17. The highest BCUT2D eigenvalue weighted by Crippen LogP contribution is 2.22. The van der Waals surface area contributed by atoms with Gasteiger partial charge in [-0.15, -0.1) is 16.9 Å². The van der Waals surface area contributed by atoms with Gasteiger partial charge >= 0.3 is 6.01 Å². The maximum atomic E-state index is 12.5. The van der Waals surface area contributed by atoms with Crippen molar-refractivity contribution in [3.63, 3.8) is 0 Å². The molecule has 0 saturated heterocycles. The second-order valence-corrected chi connectivity index (χ2v) is 9.74. The lowest BCUT2D eigenvalue weighted by Gasteiger charge is -2.20. The zero-order valence-corrected chi connectivity index (χ0v) is 18.4. The van der Waals surface area contributed by atoms with Crippen LogP contribution in [0.25, 0.3) is 0 Å². The summed E-state index contributed by atoms with van der Waals surface area (Å²) in [6, 6.07) is 15.3. The maximum Gasteiger partial charge on any atom is 0.322 e. The highest BCUT2D eigenvalue weighted by Gasteiger charge is 2.23. The summed E-state index contributed by atoms with van der Waals surface area (Å²) in [5.74, 6) is 0.391. The van der Waals surface area contributed by atoms with Gasteiger partial charge in [0.25, 0.3) is 5.91 Å². The quantitative estimate of drug-likeness (QED) is 0.527. The maximum absolute atomic E-state index is 12.5. The summed E-state index contributed by atoms with van der Waals surface area (Å²) in [7, 11) is -2.09. The first kappa shape index (κ1) is 22.0. The van der Waals surface area contributed by atoms with Crippen LogP contribution in [0.15, 0.2) is 68.8 Å². The first-order chi connectivity index (χ1) is 14.3. The minimum atomic E-state index is -3.61. The van der Waals surface area contributed by atoms with Crippen molar-refractivity contribution in [2.24, 2.45) is 0 Å². The number of hydrogen-bond acceptors (Lipinski definition) is 7. The van der Waals surface area contributed by atoms with E-state index in [1.54, 1.807) is 25.6 Å². The Kier molecular flexibility index (Phi) is 6.91. The number of aromatic nitrogens is 2. The van der Waals surface area contributed by atoms with Crippen LogP contribution in [0, 0.1) is 0 Å². The van der Waals surface area contributed by atoms with E-state index >= 15 is 0 Å². The summed E-state index contributed by atoms with van der Waals surface area (Å²) >= 11 is 1.54. The summed E-state index contributed by atoms with van der Waals surface area (Å²) in [4.78, 5) is 13.6. The van der Waals surface area contributed by atoms with E-state index in [1.807, 2.05) is 30.3 Å². The predicted octanol–water partition coefficient (Wildman–Crippen LogP) is 3.64. The van der Waals surface area contributed by atoms with Crippen molar-refractivity contribution in [1.29, 1.82) is 0 Å². The van der Waals surface area contributed by atoms with Crippen molar-refractivity contribution >= 4 is 33.7 Å². The third-order valence-corrected chi connectivity index (χ3v) is 7.36. The Morgan fingerprint density at radius 2 is 1.77 bits per heavy atom. The molecule has 158 valence electrons. The van der Waals surface area contributed by atoms with Crippen molar-refractivity contribution in [2.45, 2.75) is 35.4 Å². The van der Waals surface area contributed by atoms with Crippen LogP contribution in [-0.2, 0) is 15.8 Å². The molecule has 0 spiro atoms. The highest BCUT2D eigenvalue weighted by molar-refractivity contribution is 7.98. The van der Waals surface area contributed by atoms with Crippen molar-refractivity contribution in [3.8, 4) is 0 Å². The molecule has 3 rings (SSSR count). The molecule has 10 heteroatoms. The van der Waals surface area contributed by atoms with Crippen LogP contribution in [0.5, 0.6) is 0 Å². The molecule has 0 fully saturated rings. The number of benzene rings is 2. The van der Waals surface area contributed by atoms with Gasteiger partial charge < -0.3 is 4.42 Å². The zero-order chi connectivity index (χ0) is 21.7. The Labute approximate surface area is 179 Å². The average molecular weight is 447 g/mol. The lowest BCUT2D eigenvalue weighted by Crippen LogP contribution is -2.33. The molecule has 8 nitrogen and oxygen atoms in total. The fourth-order valence-electron chi connectivity index (χ4n) is 2.42. The van der Waals surface area contributed by atoms with Gasteiger partial charge in [0.2, 0.25) is 15.9 Å². The van der Waals surface area contributed by atoms with E-state index in [9.17, 15) is 13.2 Å². The number of nitrogens with zero attached hydrogens (tertiary/aromatic N) is 3. The number of sulfonamides is 1. The van der Waals surface area contributed by atoms with Gasteiger partial charge in [0.05, 0.1) is 10.6 Å². The second-order valence-electron chi connectivity index (χ2n) is 6.70. The largest absolute Gasteiger partial charge is 0.407 e. The molecule has 0 atom stereocenters. The van der Waals surface area contributed by atoms with Crippen LogP contribution in [0.3, 0.4) is 0 Å². The predicted molar refractivity (Wildman–Crippen MR) is 115 cm³/mol. The summed E-state index contributed by atoms with van der Waals surface area (Å²) in [5, 5.41) is 10.3. The third-order valence-electron chi connectivity index (χ3n) is 4.31. The number of rotatable bonds is 8. The first-order valence-corrected chi connectivity index (χ1v) is 11.6. The van der Waals surface area contributed by atoms with Crippen LogP contribution in [0.2, 0.25) is 0 Å². The van der Waals surface area contributed by atoms with Gasteiger partial charge in [-0.25, -0.2) is 8.42 Å². The number of nitrogens with one attached hydrogen (secondary N) is 1. The Hall–Kier alpha value is -2.69. The molecule has 1 amide bonds. The fourth-order valence-corrected chi connectivity index (χ4v) is 4.54. The molecule has 1 N–H and O–H groups in total. The van der Waals surface area contributed by atoms with Gasteiger partial charge in [0.1, 0.15) is 0 Å². The van der Waals surface area contributed by atoms with E-state index in [-0.39, 0.29) is 22.5 Å². The van der Waals surface area contributed by atoms with Crippen LogP contribution >= 0.6 is 11.8 Å². The minimum absolute atomic E-state index is 0.0140. The van der Waals surface area contributed by atoms with E-state index in [4.69, 9.17) is 4.42 Å². The topological polar surface area (TPSA) is 105 Å². The van der Waals surface area contributed by atoms with Crippen LogP contribution in [0.4, 0.5) is 6.01 Å². The summed E-state index contributed by atoms with van der Waals surface area (Å²) in [6.07, 6.45) is 0. The molecule has 0 bridgehead atoms. The third kappa shape index (κ3) is 5.26. The minimum Gasteiger partial charge on any atom is -0.407 e. The van der Waals surface area contributed by atoms with Gasteiger partial charge in [-0.1, -0.05) is 23.3 Å². The van der Waals surface area contributed by atoms with Gasteiger partial charge in [0, 0.05) is 23.5 Å². The number of carbonyl (C=O) groups excluding carboxylic acids is 1. The Bertz CT molecular complexity index is 1100. The van der Waals surface area contributed by atoms with E-state index < -0.39 is 15.9 Å². The normalized spacial score (nSPS) is 11.8. The highest BCUT2D eigenvalue weighted by atomic mass is 32.2. The van der Waals surface area contributed by atoms with Gasteiger partial charge in [-0.2, -0.15) is 4.31 Å². The lowest BCUT2D eigenvalue weighted by atomic mass is 10.2. The van der Waals surface area contributed by atoms with Crippen molar-refractivity contribution < 1.29 is 17.6 Å². The van der Waals surface area contributed by atoms with Crippen molar-refractivity contribution in [1.82, 2.24) is 14.5 Å². The number of carbonyl (C=O) groups is 1. The molecule has 0 saturated carbocycles. The number of hydrogen-bond donors (Lipinski definition) is 1. The molecular formula is C20H22N4O4S2. The molecule has 0 aliphatic carbocycles. The van der Waals surface area contributed by atoms with Gasteiger partial charge in [-0.3, -0.25) is 10.1 Å². The standard InChI is InChI=1S/C20H22N4O4S2/c1-14(2)24(3)30(26,27)17-11-9-15(10-12-17)19(25)21-20-23-22-18(28-20)13-29-16-7-5-4-6-8-16/h4-12,14H,13H2,1-3H3,(H,21,23,25). The van der Waals surface area contributed by atoms with Crippen LogP contribution in [0.1, 0.15) is 30.1 Å². The average Bonchev–Trinajstić information content (AvgIpc) is 3.19. The molecule has 0 aliphatic rings. The zero-order valence-electron chi connectivity index (χ0n) is 16.8. The molecule has 0 aliphatic heterocycles. The van der Waals surface area contributed by atoms with E-state index in [1.165, 1.54) is 35.6 Å². The molecule has 2 aromatic carbocycles. The molecule has 1 aromatic heterocycles. The second kappa shape index (κ2) is 9.41. The monoisotopic (exact) mass is 446 g/mol. The lowest BCUT2D eigenvalue weighted by molar-refractivity contribution is 0.102. The van der Waals surface area contributed by atoms with Gasteiger partial charge in [0.15, 0.2) is 0 Å². The smallest absolute Gasteiger partial charge is 0.322 e. The molecular weight excluding hydrogens is 424 g/mol. The Balaban J connectivity index is 1.62. The fraction of sp³-hybridized carbons (Fsp3) is 0.250. The van der Waals surface area contributed by atoms with Crippen LogP contribution in [-0.4, -0.2) is 41.9 Å². The molecule has 0 unspecified atom stereocenters. The van der Waals surface area contributed by atoms with E-state index in [2.05, 4.69) is 15.5 Å². The Morgan fingerprint density at radius 1 is 1.10 bits per heavy atom. The van der Waals surface area contributed by atoms with Gasteiger partial charge in [-0.05, 0) is 50.2 Å². The molecule has 3 aromatic rings. The van der Waals surface area contributed by atoms with Crippen molar-refractivity contribution in [2.75, 3.05) is 12.4 Å². The van der Waals surface area contributed by atoms with Crippen LogP contribution < -0.4 is 5.32 Å². The number of thioether (sulfide) groups is 1. The Morgan fingerprint density at radius 3 is 2.40 bits per heavy atom. The number of anilines is 1. The summed E-state index contributed by atoms with van der Waals surface area (Å²) in [5.41, 5.74) is 0.277. The molecule has 30 heavy (non-hydrogen) atoms.